The number of hydrogen-bond acceptors (Lipinski definition) is 2. The Kier molecular flexibility index (Phi) is 2.91. The highest BCUT2D eigenvalue weighted by molar-refractivity contribution is 5.40. The maximum Gasteiger partial charge on any atom is 0.119 e. The van der Waals surface area contributed by atoms with Gasteiger partial charge in [-0.15, -0.1) is 0 Å². The topological polar surface area (TPSA) is 33.0 Å². The second kappa shape index (κ2) is 4.35. The molecule has 0 saturated heterocycles. The molecule has 1 aromatic rings. The Morgan fingerprint density at radius 2 is 2.27 bits per heavy atom. The molecule has 15 heavy (non-hydrogen) atoms. The highest BCUT2D eigenvalue weighted by Crippen LogP contribution is 2.32. The summed E-state index contributed by atoms with van der Waals surface area (Å²) in [5, 5.41) is 9.14. The minimum atomic E-state index is 0.0533. The summed E-state index contributed by atoms with van der Waals surface area (Å²) in [6.07, 6.45) is 4.42. The van der Waals surface area contributed by atoms with Crippen molar-refractivity contribution in [2.75, 3.05) is 7.11 Å². The summed E-state index contributed by atoms with van der Waals surface area (Å²) in [6.45, 7) is 0. The van der Waals surface area contributed by atoms with Crippen molar-refractivity contribution in [3.05, 3.63) is 29.3 Å². The van der Waals surface area contributed by atoms with Crippen LogP contribution in [0.4, 0.5) is 0 Å². The molecule has 0 fully saturated rings. The van der Waals surface area contributed by atoms with E-state index >= 15 is 0 Å². The molecule has 2 rings (SSSR count). The Morgan fingerprint density at radius 1 is 1.40 bits per heavy atom. The Bertz CT molecular complexity index is 392. The van der Waals surface area contributed by atoms with Crippen LogP contribution in [0.3, 0.4) is 0 Å². The molecule has 0 aromatic heterocycles. The van der Waals surface area contributed by atoms with Gasteiger partial charge in [0.15, 0.2) is 0 Å². The van der Waals surface area contributed by atoms with Crippen LogP contribution in [0.2, 0.25) is 0 Å². The second-order valence-electron chi connectivity index (χ2n) is 3.99. The third-order valence-electron chi connectivity index (χ3n) is 3.07. The highest BCUT2D eigenvalue weighted by Gasteiger charge is 2.18. The molecule has 0 radical (unpaired) electrons. The molecule has 78 valence electrons. The average molecular weight is 201 g/mol. The first-order valence-corrected chi connectivity index (χ1v) is 5.41. The summed E-state index contributed by atoms with van der Waals surface area (Å²) < 4.78 is 5.20. The van der Waals surface area contributed by atoms with Gasteiger partial charge in [-0.1, -0.05) is 12.5 Å². The third-order valence-corrected chi connectivity index (χ3v) is 3.07. The monoisotopic (exact) mass is 201 g/mol. The number of rotatable bonds is 1. The van der Waals surface area contributed by atoms with Crippen molar-refractivity contribution in [3.63, 3.8) is 0 Å². The quantitative estimate of drug-likeness (QED) is 0.654. The minimum Gasteiger partial charge on any atom is -0.497 e. The molecule has 0 aliphatic heterocycles. The van der Waals surface area contributed by atoms with E-state index in [4.69, 9.17) is 10.00 Å². The van der Waals surface area contributed by atoms with Crippen molar-refractivity contribution >= 4 is 0 Å². The number of aryl methyl sites for hydroxylation is 1. The fourth-order valence-electron chi connectivity index (χ4n) is 2.21. The van der Waals surface area contributed by atoms with Gasteiger partial charge in [-0.2, -0.15) is 5.26 Å². The Morgan fingerprint density at radius 3 is 3.00 bits per heavy atom. The summed E-state index contributed by atoms with van der Waals surface area (Å²) in [4.78, 5) is 0. The number of nitrogens with zero attached hydrogens (tertiary/aromatic N) is 1. The third kappa shape index (κ3) is 1.97. The predicted octanol–water partition coefficient (Wildman–Crippen LogP) is 3.03. The van der Waals surface area contributed by atoms with Crippen LogP contribution in [-0.2, 0) is 6.42 Å². The summed E-state index contributed by atoms with van der Waals surface area (Å²) >= 11 is 0. The van der Waals surface area contributed by atoms with Gasteiger partial charge in [0.05, 0.1) is 19.1 Å². The van der Waals surface area contributed by atoms with Crippen molar-refractivity contribution in [2.24, 2.45) is 0 Å². The van der Waals surface area contributed by atoms with E-state index in [1.165, 1.54) is 17.5 Å². The summed E-state index contributed by atoms with van der Waals surface area (Å²) in [5.41, 5.74) is 2.49. The number of methoxy groups -OCH3 is 1. The Balaban J connectivity index is 2.44. The lowest BCUT2D eigenvalue weighted by Gasteiger charge is -2.11. The molecule has 2 heteroatoms. The molecule has 1 aromatic carbocycles. The van der Waals surface area contributed by atoms with Gasteiger partial charge in [-0.05, 0) is 42.5 Å². The average Bonchev–Trinajstić information content (AvgIpc) is 2.49. The van der Waals surface area contributed by atoms with Gasteiger partial charge in [0.25, 0.3) is 0 Å². The highest BCUT2D eigenvalue weighted by atomic mass is 16.5. The first kappa shape index (κ1) is 10.0. The minimum absolute atomic E-state index is 0.0533. The summed E-state index contributed by atoms with van der Waals surface area (Å²) in [5.74, 6) is 0.911. The van der Waals surface area contributed by atoms with Gasteiger partial charge in [0.1, 0.15) is 5.75 Å². The predicted molar refractivity (Wildman–Crippen MR) is 58.9 cm³/mol. The van der Waals surface area contributed by atoms with Crippen molar-refractivity contribution < 1.29 is 4.74 Å². The van der Waals surface area contributed by atoms with Crippen LogP contribution in [-0.4, -0.2) is 7.11 Å². The van der Waals surface area contributed by atoms with E-state index in [2.05, 4.69) is 12.1 Å². The lowest BCUT2D eigenvalue weighted by Crippen LogP contribution is -1.98. The number of fused-ring (bicyclic) bond motifs is 1. The molecule has 0 bridgehead atoms. The molecule has 0 spiro atoms. The number of benzene rings is 1. The van der Waals surface area contributed by atoms with Crippen molar-refractivity contribution in [1.29, 1.82) is 5.26 Å². The van der Waals surface area contributed by atoms with Gasteiger partial charge >= 0.3 is 0 Å². The molecule has 1 aliphatic rings. The first-order valence-electron chi connectivity index (χ1n) is 5.41. The summed E-state index contributed by atoms with van der Waals surface area (Å²) in [6, 6.07) is 8.50. The van der Waals surface area contributed by atoms with Crippen LogP contribution in [0.1, 0.15) is 36.3 Å². The van der Waals surface area contributed by atoms with E-state index in [1.807, 2.05) is 12.1 Å². The molecule has 0 N–H and O–H groups in total. The van der Waals surface area contributed by atoms with E-state index in [-0.39, 0.29) is 5.92 Å². The van der Waals surface area contributed by atoms with E-state index in [0.717, 1.165) is 25.0 Å². The van der Waals surface area contributed by atoms with E-state index in [9.17, 15) is 0 Å². The molecule has 1 atom stereocenters. The van der Waals surface area contributed by atoms with E-state index in [0.29, 0.717) is 0 Å². The lowest BCUT2D eigenvalue weighted by molar-refractivity contribution is 0.414. The van der Waals surface area contributed by atoms with Crippen LogP contribution in [0.25, 0.3) is 0 Å². The van der Waals surface area contributed by atoms with E-state index < -0.39 is 0 Å². The van der Waals surface area contributed by atoms with Crippen LogP contribution < -0.4 is 4.74 Å². The number of hydrogen-bond donors (Lipinski definition) is 0. The molecule has 0 saturated carbocycles. The maximum atomic E-state index is 9.14. The van der Waals surface area contributed by atoms with Gasteiger partial charge in [0, 0.05) is 0 Å². The van der Waals surface area contributed by atoms with Crippen molar-refractivity contribution in [2.45, 2.75) is 31.6 Å². The molecule has 0 heterocycles. The summed E-state index contributed by atoms with van der Waals surface area (Å²) in [7, 11) is 1.67. The van der Waals surface area contributed by atoms with Crippen LogP contribution in [0, 0.1) is 11.3 Å². The van der Waals surface area contributed by atoms with Crippen LogP contribution >= 0.6 is 0 Å². The van der Waals surface area contributed by atoms with Crippen molar-refractivity contribution in [3.8, 4) is 11.8 Å². The largest absolute Gasteiger partial charge is 0.497 e. The van der Waals surface area contributed by atoms with Gasteiger partial charge in [0.2, 0.25) is 0 Å². The molecular formula is C13H15NO. The fraction of sp³-hybridized carbons (Fsp3) is 0.462. The second-order valence-corrected chi connectivity index (χ2v) is 3.99. The van der Waals surface area contributed by atoms with Gasteiger partial charge in [-0.25, -0.2) is 0 Å². The van der Waals surface area contributed by atoms with Crippen molar-refractivity contribution in [1.82, 2.24) is 0 Å². The zero-order chi connectivity index (χ0) is 10.7. The standard InChI is InChI=1S/C13H15NO/c1-15-12-7-6-10-4-2-3-5-11(9-14)13(10)8-12/h6-8,11H,2-5H2,1H3. The Hall–Kier alpha value is -1.49. The Labute approximate surface area is 90.5 Å². The zero-order valence-electron chi connectivity index (χ0n) is 8.99. The first-order chi connectivity index (χ1) is 7.35. The SMILES string of the molecule is COc1ccc2c(c1)C(C#N)CCCC2. The van der Waals surface area contributed by atoms with Crippen LogP contribution in [0.5, 0.6) is 5.75 Å². The van der Waals surface area contributed by atoms with E-state index in [1.54, 1.807) is 7.11 Å². The molecule has 2 nitrogen and oxygen atoms in total. The fourth-order valence-corrected chi connectivity index (χ4v) is 2.21. The smallest absolute Gasteiger partial charge is 0.119 e. The molecule has 1 unspecified atom stereocenters. The number of ether oxygens (including phenoxy) is 1. The lowest BCUT2D eigenvalue weighted by atomic mass is 9.94. The molecule has 0 amide bonds. The van der Waals surface area contributed by atoms with Gasteiger partial charge in [-0.3, -0.25) is 0 Å². The molecular weight excluding hydrogens is 186 g/mol. The van der Waals surface area contributed by atoms with Gasteiger partial charge < -0.3 is 4.74 Å². The normalized spacial score (nSPS) is 19.9. The zero-order valence-corrected chi connectivity index (χ0v) is 8.99. The van der Waals surface area contributed by atoms with Crippen LogP contribution in [0.15, 0.2) is 18.2 Å². The number of nitriles is 1. The maximum absolute atomic E-state index is 9.14. The molecule has 1 aliphatic carbocycles.